The quantitative estimate of drug-likeness (QED) is 0.842. The molecule has 6 heteroatoms. The second kappa shape index (κ2) is 7.24. The lowest BCUT2D eigenvalue weighted by atomic mass is 10.3. The Balaban J connectivity index is 1.60. The number of amides is 1. The van der Waals surface area contributed by atoms with Crippen molar-refractivity contribution < 1.29 is 4.79 Å². The molecule has 0 saturated carbocycles. The van der Waals surface area contributed by atoms with Crippen LogP contribution >= 0.6 is 22.9 Å². The number of halogens is 1. The molecule has 0 atom stereocenters. The number of hydrogen-bond acceptors (Lipinski definition) is 4. The highest BCUT2D eigenvalue weighted by Crippen LogP contribution is 2.20. The molecule has 0 bridgehead atoms. The molecule has 2 heterocycles. The van der Waals surface area contributed by atoms with Crippen LogP contribution in [0.4, 0.5) is 0 Å². The molecule has 4 nitrogen and oxygen atoms in total. The van der Waals surface area contributed by atoms with E-state index in [0.29, 0.717) is 9.21 Å². The van der Waals surface area contributed by atoms with Crippen molar-refractivity contribution in [1.29, 1.82) is 0 Å². The number of nitrogens with one attached hydrogen (secondary N) is 1. The van der Waals surface area contributed by atoms with Crippen LogP contribution in [0.2, 0.25) is 4.34 Å². The predicted molar refractivity (Wildman–Crippen MR) is 80.2 cm³/mol. The van der Waals surface area contributed by atoms with Gasteiger partial charge in [0.1, 0.15) is 0 Å². The second-order valence-corrected chi connectivity index (χ2v) is 6.57. The van der Waals surface area contributed by atoms with Crippen LogP contribution in [0.15, 0.2) is 12.1 Å². The number of piperazine rings is 1. The number of rotatable bonds is 5. The molecule has 1 saturated heterocycles. The van der Waals surface area contributed by atoms with E-state index in [9.17, 15) is 4.79 Å². The van der Waals surface area contributed by atoms with E-state index in [1.165, 1.54) is 11.3 Å². The van der Waals surface area contributed by atoms with Gasteiger partial charge in [0.25, 0.3) is 5.91 Å². The Kier molecular flexibility index (Phi) is 5.63. The van der Waals surface area contributed by atoms with E-state index < -0.39 is 0 Å². The third-order valence-electron chi connectivity index (χ3n) is 3.33. The van der Waals surface area contributed by atoms with Gasteiger partial charge in [-0.2, -0.15) is 0 Å². The summed E-state index contributed by atoms with van der Waals surface area (Å²) in [7, 11) is 2.16. The Morgan fingerprint density at radius 3 is 2.74 bits per heavy atom. The number of carbonyl (C=O) groups is 1. The SMILES string of the molecule is CN1CCN(CCCNC(=O)c2ccc(Cl)s2)CC1. The summed E-state index contributed by atoms with van der Waals surface area (Å²) in [5.41, 5.74) is 0. The zero-order valence-corrected chi connectivity index (χ0v) is 12.8. The van der Waals surface area contributed by atoms with Crippen LogP contribution in [-0.4, -0.2) is 62.0 Å². The molecule has 2 rings (SSSR count). The largest absolute Gasteiger partial charge is 0.351 e. The Labute approximate surface area is 123 Å². The smallest absolute Gasteiger partial charge is 0.261 e. The lowest BCUT2D eigenvalue weighted by Gasteiger charge is -2.32. The Morgan fingerprint density at radius 2 is 2.11 bits per heavy atom. The summed E-state index contributed by atoms with van der Waals surface area (Å²) >= 11 is 7.13. The average Bonchev–Trinajstić information content (AvgIpc) is 2.83. The molecule has 19 heavy (non-hydrogen) atoms. The Morgan fingerprint density at radius 1 is 1.37 bits per heavy atom. The molecule has 1 aliphatic rings. The molecule has 0 radical (unpaired) electrons. The highest BCUT2D eigenvalue weighted by Gasteiger charge is 2.13. The summed E-state index contributed by atoms with van der Waals surface area (Å²) in [6, 6.07) is 3.52. The Hall–Kier alpha value is -0.620. The van der Waals surface area contributed by atoms with Gasteiger partial charge in [0, 0.05) is 32.7 Å². The summed E-state index contributed by atoms with van der Waals surface area (Å²) in [5, 5.41) is 2.94. The second-order valence-electron chi connectivity index (χ2n) is 4.86. The fourth-order valence-corrected chi connectivity index (χ4v) is 3.06. The van der Waals surface area contributed by atoms with Crippen LogP contribution in [0.1, 0.15) is 16.1 Å². The van der Waals surface area contributed by atoms with Gasteiger partial charge in [0.2, 0.25) is 0 Å². The normalized spacial score (nSPS) is 17.6. The fraction of sp³-hybridized carbons (Fsp3) is 0.615. The molecule has 1 amide bonds. The van der Waals surface area contributed by atoms with Gasteiger partial charge >= 0.3 is 0 Å². The summed E-state index contributed by atoms with van der Waals surface area (Å²) in [6.07, 6.45) is 0.995. The first-order valence-corrected chi connectivity index (χ1v) is 7.79. The van der Waals surface area contributed by atoms with E-state index in [2.05, 4.69) is 22.2 Å². The molecule has 1 aromatic rings. The summed E-state index contributed by atoms with van der Waals surface area (Å²) in [5.74, 6) is -0.0183. The van der Waals surface area contributed by atoms with Crippen molar-refractivity contribution in [2.24, 2.45) is 0 Å². The third-order valence-corrected chi connectivity index (χ3v) is 4.56. The first-order valence-electron chi connectivity index (χ1n) is 6.59. The van der Waals surface area contributed by atoms with Crippen LogP contribution in [0.3, 0.4) is 0 Å². The molecule has 1 N–H and O–H groups in total. The molecule has 1 fully saturated rings. The summed E-state index contributed by atoms with van der Waals surface area (Å²) in [6.45, 7) is 6.32. The topological polar surface area (TPSA) is 35.6 Å². The average molecular weight is 302 g/mol. The lowest BCUT2D eigenvalue weighted by molar-refractivity contribution is 0.0953. The van der Waals surface area contributed by atoms with Crippen molar-refractivity contribution in [3.63, 3.8) is 0 Å². The van der Waals surface area contributed by atoms with Crippen molar-refractivity contribution in [2.75, 3.05) is 46.3 Å². The van der Waals surface area contributed by atoms with Gasteiger partial charge in [-0.05, 0) is 32.1 Å². The number of hydrogen-bond donors (Lipinski definition) is 1. The molecular formula is C13H20ClN3OS. The maximum atomic E-state index is 11.8. The van der Waals surface area contributed by atoms with E-state index in [1.807, 2.05) is 0 Å². The van der Waals surface area contributed by atoms with E-state index >= 15 is 0 Å². The van der Waals surface area contributed by atoms with Crippen LogP contribution in [0.5, 0.6) is 0 Å². The molecule has 1 aromatic heterocycles. The van der Waals surface area contributed by atoms with E-state index in [0.717, 1.165) is 45.7 Å². The van der Waals surface area contributed by atoms with Gasteiger partial charge in [0.05, 0.1) is 9.21 Å². The standard InChI is InChI=1S/C13H20ClN3OS/c1-16-7-9-17(10-8-16)6-2-5-15-13(18)11-3-4-12(14)19-11/h3-4H,2,5-10H2,1H3,(H,15,18). The number of thiophene rings is 1. The van der Waals surface area contributed by atoms with E-state index in [-0.39, 0.29) is 5.91 Å². The molecule has 0 aliphatic carbocycles. The van der Waals surface area contributed by atoms with Gasteiger partial charge in [-0.25, -0.2) is 0 Å². The lowest BCUT2D eigenvalue weighted by Crippen LogP contribution is -2.45. The van der Waals surface area contributed by atoms with Crippen molar-refractivity contribution in [1.82, 2.24) is 15.1 Å². The molecule has 1 aliphatic heterocycles. The highest BCUT2D eigenvalue weighted by atomic mass is 35.5. The van der Waals surface area contributed by atoms with Crippen molar-refractivity contribution in [2.45, 2.75) is 6.42 Å². The maximum Gasteiger partial charge on any atom is 0.261 e. The minimum absolute atomic E-state index is 0.0183. The summed E-state index contributed by atoms with van der Waals surface area (Å²) in [4.78, 5) is 17.3. The van der Waals surface area contributed by atoms with Gasteiger partial charge in [0.15, 0.2) is 0 Å². The molecule has 0 unspecified atom stereocenters. The number of likely N-dealkylation sites (N-methyl/N-ethyl adjacent to an activating group) is 1. The fourth-order valence-electron chi connectivity index (χ4n) is 2.10. The third kappa shape index (κ3) is 4.76. The number of nitrogens with zero attached hydrogens (tertiary/aromatic N) is 2. The van der Waals surface area contributed by atoms with Gasteiger partial charge in [-0.3, -0.25) is 4.79 Å². The molecular weight excluding hydrogens is 282 g/mol. The maximum absolute atomic E-state index is 11.8. The zero-order valence-electron chi connectivity index (χ0n) is 11.2. The molecule has 0 spiro atoms. The molecule has 0 aromatic carbocycles. The van der Waals surface area contributed by atoms with Crippen LogP contribution in [0, 0.1) is 0 Å². The highest BCUT2D eigenvalue weighted by molar-refractivity contribution is 7.17. The molecule has 106 valence electrons. The minimum atomic E-state index is -0.0183. The van der Waals surface area contributed by atoms with Gasteiger partial charge in [-0.1, -0.05) is 11.6 Å². The number of carbonyl (C=O) groups excluding carboxylic acids is 1. The van der Waals surface area contributed by atoms with Crippen molar-refractivity contribution in [3.8, 4) is 0 Å². The van der Waals surface area contributed by atoms with Crippen LogP contribution < -0.4 is 5.32 Å². The van der Waals surface area contributed by atoms with Crippen molar-refractivity contribution in [3.05, 3.63) is 21.3 Å². The van der Waals surface area contributed by atoms with Crippen LogP contribution in [0.25, 0.3) is 0 Å². The van der Waals surface area contributed by atoms with Crippen molar-refractivity contribution >= 4 is 28.8 Å². The van der Waals surface area contributed by atoms with E-state index in [4.69, 9.17) is 11.6 Å². The minimum Gasteiger partial charge on any atom is -0.351 e. The zero-order chi connectivity index (χ0) is 13.7. The Bertz CT molecular complexity index is 416. The summed E-state index contributed by atoms with van der Waals surface area (Å²) < 4.78 is 0.655. The van der Waals surface area contributed by atoms with Crippen LogP contribution in [-0.2, 0) is 0 Å². The van der Waals surface area contributed by atoms with Gasteiger partial charge < -0.3 is 15.1 Å². The first kappa shape index (κ1) is 14.8. The first-order chi connectivity index (χ1) is 9.15. The van der Waals surface area contributed by atoms with E-state index in [1.54, 1.807) is 12.1 Å². The monoisotopic (exact) mass is 301 g/mol. The predicted octanol–water partition coefficient (Wildman–Crippen LogP) is 1.77. The van der Waals surface area contributed by atoms with Gasteiger partial charge in [-0.15, -0.1) is 11.3 Å².